The van der Waals surface area contributed by atoms with Crippen LogP contribution < -0.4 is 0 Å². The number of nitrogens with zero attached hydrogens (tertiary/aromatic N) is 2. The zero-order valence-electron chi connectivity index (χ0n) is 12.6. The molecule has 1 N–H and O–H groups in total. The van der Waals surface area contributed by atoms with Gasteiger partial charge in [-0.1, -0.05) is 20.8 Å². The van der Waals surface area contributed by atoms with Gasteiger partial charge in [-0.25, -0.2) is 0 Å². The standard InChI is InChI=1S/C14H26N2O3/c1-10(2)15-6-8-16(9-7-15)12(17)11(13(18)19)14(3,4)5/h10-11H,6-9H2,1-5H3,(H,18,19). The Kier molecular flexibility index (Phi) is 4.96. The van der Waals surface area contributed by atoms with Crippen molar-refractivity contribution in [2.75, 3.05) is 26.2 Å². The quantitative estimate of drug-likeness (QED) is 0.785. The molecule has 1 amide bonds. The first kappa shape index (κ1) is 16.0. The molecule has 1 rings (SSSR count). The lowest BCUT2D eigenvalue weighted by molar-refractivity contribution is -0.157. The van der Waals surface area contributed by atoms with Crippen molar-refractivity contribution < 1.29 is 14.7 Å². The Morgan fingerprint density at radius 1 is 1.05 bits per heavy atom. The van der Waals surface area contributed by atoms with E-state index in [2.05, 4.69) is 18.7 Å². The summed E-state index contributed by atoms with van der Waals surface area (Å²) in [6.07, 6.45) is 0. The predicted molar refractivity (Wildman–Crippen MR) is 73.9 cm³/mol. The minimum Gasteiger partial charge on any atom is -0.481 e. The number of hydrogen-bond acceptors (Lipinski definition) is 3. The van der Waals surface area contributed by atoms with Gasteiger partial charge < -0.3 is 10.0 Å². The first-order valence-corrected chi connectivity index (χ1v) is 6.90. The van der Waals surface area contributed by atoms with Gasteiger partial charge in [0.1, 0.15) is 5.92 Å². The van der Waals surface area contributed by atoms with E-state index in [1.807, 2.05) is 0 Å². The van der Waals surface area contributed by atoms with Crippen LogP contribution in [0.4, 0.5) is 0 Å². The van der Waals surface area contributed by atoms with Crippen LogP contribution in [0.15, 0.2) is 0 Å². The molecule has 0 saturated carbocycles. The average Bonchev–Trinajstić information content (AvgIpc) is 2.26. The Balaban J connectivity index is 2.71. The number of carboxylic acids is 1. The van der Waals surface area contributed by atoms with Crippen LogP contribution in [0.2, 0.25) is 0 Å². The Morgan fingerprint density at radius 3 is 1.84 bits per heavy atom. The van der Waals surface area contributed by atoms with E-state index in [0.29, 0.717) is 19.1 Å². The van der Waals surface area contributed by atoms with E-state index in [1.165, 1.54) is 0 Å². The summed E-state index contributed by atoms with van der Waals surface area (Å²) in [4.78, 5) is 27.7. The molecule has 1 saturated heterocycles. The minimum atomic E-state index is -1.02. The van der Waals surface area contributed by atoms with Crippen molar-refractivity contribution in [2.45, 2.75) is 40.7 Å². The molecule has 0 aromatic carbocycles. The number of carbonyl (C=O) groups excluding carboxylic acids is 1. The smallest absolute Gasteiger partial charge is 0.316 e. The first-order chi connectivity index (χ1) is 8.64. The number of amides is 1. The summed E-state index contributed by atoms with van der Waals surface area (Å²) in [5, 5.41) is 9.29. The maximum atomic E-state index is 12.4. The van der Waals surface area contributed by atoms with Crippen molar-refractivity contribution in [3.63, 3.8) is 0 Å². The normalized spacial score (nSPS) is 19.6. The second-order valence-electron chi connectivity index (χ2n) is 6.59. The number of aliphatic carboxylic acids is 1. The number of piperazine rings is 1. The van der Waals surface area contributed by atoms with Crippen LogP contribution in [0.1, 0.15) is 34.6 Å². The lowest BCUT2D eigenvalue weighted by Gasteiger charge is -2.39. The molecule has 0 bridgehead atoms. The number of hydrogen-bond donors (Lipinski definition) is 1. The summed E-state index contributed by atoms with van der Waals surface area (Å²) in [5.41, 5.74) is -0.557. The van der Waals surface area contributed by atoms with Gasteiger partial charge in [-0.3, -0.25) is 14.5 Å². The highest BCUT2D eigenvalue weighted by molar-refractivity contribution is 5.97. The van der Waals surface area contributed by atoms with Crippen LogP contribution in [0.5, 0.6) is 0 Å². The summed E-state index contributed by atoms with van der Waals surface area (Å²) in [5.74, 6) is -2.23. The molecule has 5 heteroatoms. The summed E-state index contributed by atoms with van der Waals surface area (Å²) in [6, 6.07) is 0.468. The second kappa shape index (κ2) is 5.90. The third-order valence-electron chi connectivity index (χ3n) is 3.72. The van der Waals surface area contributed by atoms with Crippen LogP contribution in [-0.2, 0) is 9.59 Å². The summed E-state index contributed by atoms with van der Waals surface area (Å²) >= 11 is 0. The molecule has 0 aromatic heterocycles. The molecule has 1 aliphatic heterocycles. The number of carboxylic acid groups (broad SMARTS) is 1. The molecule has 5 nitrogen and oxygen atoms in total. The van der Waals surface area contributed by atoms with Gasteiger partial charge in [0.05, 0.1) is 0 Å². The van der Waals surface area contributed by atoms with Gasteiger partial charge in [-0.05, 0) is 19.3 Å². The van der Waals surface area contributed by atoms with E-state index < -0.39 is 17.3 Å². The monoisotopic (exact) mass is 270 g/mol. The fourth-order valence-electron chi connectivity index (χ4n) is 2.49. The highest BCUT2D eigenvalue weighted by Gasteiger charge is 2.40. The van der Waals surface area contributed by atoms with E-state index in [9.17, 15) is 14.7 Å². The molecule has 0 aromatic rings. The summed E-state index contributed by atoms with van der Waals surface area (Å²) in [7, 11) is 0. The van der Waals surface area contributed by atoms with Crippen LogP contribution in [-0.4, -0.2) is 59.0 Å². The molecule has 1 heterocycles. The Morgan fingerprint density at radius 2 is 1.53 bits per heavy atom. The fourth-order valence-corrected chi connectivity index (χ4v) is 2.49. The molecule has 1 fully saturated rings. The van der Waals surface area contributed by atoms with Gasteiger partial charge in [0.15, 0.2) is 0 Å². The van der Waals surface area contributed by atoms with E-state index in [4.69, 9.17) is 0 Å². The predicted octanol–water partition coefficient (Wildman–Crippen LogP) is 1.29. The number of rotatable bonds is 3. The van der Waals surface area contributed by atoms with Crippen molar-refractivity contribution >= 4 is 11.9 Å². The molecule has 1 atom stereocenters. The van der Waals surface area contributed by atoms with E-state index in [-0.39, 0.29) is 5.91 Å². The van der Waals surface area contributed by atoms with Gasteiger partial charge in [0, 0.05) is 32.2 Å². The zero-order chi connectivity index (χ0) is 14.8. The molecular weight excluding hydrogens is 244 g/mol. The van der Waals surface area contributed by atoms with Crippen molar-refractivity contribution in [3.8, 4) is 0 Å². The van der Waals surface area contributed by atoms with Gasteiger partial charge >= 0.3 is 5.97 Å². The maximum Gasteiger partial charge on any atom is 0.316 e. The van der Waals surface area contributed by atoms with Gasteiger partial charge in [-0.15, -0.1) is 0 Å². The van der Waals surface area contributed by atoms with Crippen molar-refractivity contribution in [2.24, 2.45) is 11.3 Å². The van der Waals surface area contributed by atoms with Crippen LogP contribution in [0.3, 0.4) is 0 Å². The molecular formula is C14H26N2O3. The topological polar surface area (TPSA) is 60.9 Å². The number of carbonyl (C=O) groups is 2. The van der Waals surface area contributed by atoms with E-state index >= 15 is 0 Å². The van der Waals surface area contributed by atoms with Gasteiger partial charge in [0.2, 0.25) is 5.91 Å². The Labute approximate surface area is 115 Å². The van der Waals surface area contributed by atoms with Gasteiger partial charge in [0.25, 0.3) is 0 Å². The van der Waals surface area contributed by atoms with E-state index in [0.717, 1.165) is 13.1 Å². The highest BCUT2D eigenvalue weighted by atomic mass is 16.4. The van der Waals surface area contributed by atoms with Crippen LogP contribution in [0, 0.1) is 11.3 Å². The lowest BCUT2D eigenvalue weighted by Crippen LogP contribution is -2.54. The largest absolute Gasteiger partial charge is 0.481 e. The highest BCUT2D eigenvalue weighted by Crippen LogP contribution is 2.28. The van der Waals surface area contributed by atoms with Crippen molar-refractivity contribution in [1.29, 1.82) is 0 Å². The van der Waals surface area contributed by atoms with Gasteiger partial charge in [-0.2, -0.15) is 0 Å². The first-order valence-electron chi connectivity index (χ1n) is 6.90. The minimum absolute atomic E-state index is 0.247. The zero-order valence-corrected chi connectivity index (χ0v) is 12.6. The molecule has 0 aliphatic carbocycles. The molecule has 110 valence electrons. The Bertz CT molecular complexity index is 339. The second-order valence-corrected chi connectivity index (χ2v) is 6.59. The third-order valence-corrected chi connectivity index (χ3v) is 3.72. The van der Waals surface area contributed by atoms with Crippen molar-refractivity contribution in [3.05, 3.63) is 0 Å². The summed E-state index contributed by atoms with van der Waals surface area (Å²) < 4.78 is 0. The van der Waals surface area contributed by atoms with Crippen LogP contribution in [0.25, 0.3) is 0 Å². The molecule has 19 heavy (non-hydrogen) atoms. The summed E-state index contributed by atoms with van der Waals surface area (Å²) in [6.45, 7) is 12.5. The SMILES string of the molecule is CC(C)N1CCN(C(=O)C(C(=O)O)C(C)(C)C)CC1. The molecule has 0 spiro atoms. The average molecular weight is 270 g/mol. The maximum absolute atomic E-state index is 12.4. The van der Waals surface area contributed by atoms with Crippen LogP contribution >= 0.6 is 0 Å². The molecule has 1 aliphatic rings. The fraction of sp³-hybridized carbons (Fsp3) is 0.857. The molecule has 0 radical (unpaired) electrons. The lowest BCUT2D eigenvalue weighted by atomic mass is 9.79. The van der Waals surface area contributed by atoms with E-state index in [1.54, 1.807) is 25.7 Å². The Hall–Kier alpha value is -1.10. The molecule has 1 unspecified atom stereocenters. The van der Waals surface area contributed by atoms with Crippen molar-refractivity contribution in [1.82, 2.24) is 9.80 Å². The third kappa shape index (κ3) is 3.93.